The smallest absolute Gasteiger partial charge is 0.237 e. The summed E-state index contributed by atoms with van der Waals surface area (Å²) in [7, 11) is 0. The second-order valence-electron chi connectivity index (χ2n) is 3.57. The van der Waals surface area contributed by atoms with E-state index in [9.17, 15) is 9.59 Å². The number of halogens is 1. The standard InChI is InChI=1S/C9H15ClN2O2/c1-7(13)11-5-8-2-3-12(6-8)9(14)4-10/h8H,2-6H2,1H3,(H,11,13)/t8-/m0/s1. The van der Waals surface area contributed by atoms with E-state index in [1.807, 2.05) is 0 Å². The molecule has 1 atom stereocenters. The second-order valence-corrected chi connectivity index (χ2v) is 3.83. The first-order valence-electron chi connectivity index (χ1n) is 4.71. The topological polar surface area (TPSA) is 49.4 Å². The van der Waals surface area contributed by atoms with Crippen molar-refractivity contribution in [3.63, 3.8) is 0 Å². The van der Waals surface area contributed by atoms with Gasteiger partial charge in [0.25, 0.3) is 0 Å². The van der Waals surface area contributed by atoms with Crippen LogP contribution in [0.1, 0.15) is 13.3 Å². The van der Waals surface area contributed by atoms with Crippen LogP contribution in [0.2, 0.25) is 0 Å². The number of nitrogens with one attached hydrogen (secondary N) is 1. The SMILES string of the molecule is CC(=O)NC[C@@H]1CCN(C(=O)CCl)C1. The Morgan fingerprint density at radius 1 is 1.57 bits per heavy atom. The van der Waals surface area contributed by atoms with E-state index in [-0.39, 0.29) is 17.7 Å². The molecule has 14 heavy (non-hydrogen) atoms. The normalized spacial score (nSPS) is 21.0. The van der Waals surface area contributed by atoms with Gasteiger partial charge in [0.2, 0.25) is 11.8 Å². The maximum atomic E-state index is 11.2. The van der Waals surface area contributed by atoms with Crippen molar-refractivity contribution in [2.45, 2.75) is 13.3 Å². The number of hydrogen-bond acceptors (Lipinski definition) is 2. The molecule has 1 aliphatic heterocycles. The monoisotopic (exact) mass is 218 g/mol. The van der Waals surface area contributed by atoms with Crippen LogP contribution in [0.25, 0.3) is 0 Å². The van der Waals surface area contributed by atoms with Crippen molar-refractivity contribution in [3.05, 3.63) is 0 Å². The lowest BCUT2D eigenvalue weighted by Gasteiger charge is -2.14. The molecule has 0 spiro atoms. The molecule has 1 aliphatic rings. The van der Waals surface area contributed by atoms with E-state index in [1.54, 1.807) is 4.90 Å². The Hall–Kier alpha value is -0.770. The third-order valence-electron chi connectivity index (χ3n) is 2.39. The number of rotatable bonds is 3. The maximum Gasteiger partial charge on any atom is 0.237 e. The summed E-state index contributed by atoms with van der Waals surface area (Å²) < 4.78 is 0. The van der Waals surface area contributed by atoms with Crippen molar-refractivity contribution in [2.75, 3.05) is 25.5 Å². The van der Waals surface area contributed by atoms with Gasteiger partial charge in [-0.05, 0) is 12.3 Å². The minimum absolute atomic E-state index is 0.0167. The number of alkyl halides is 1. The predicted molar refractivity (Wildman–Crippen MR) is 54.1 cm³/mol. The fourth-order valence-corrected chi connectivity index (χ4v) is 1.77. The summed E-state index contributed by atoms with van der Waals surface area (Å²) >= 11 is 5.45. The van der Waals surface area contributed by atoms with E-state index < -0.39 is 0 Å². The van der Waals surface area contributed by atoms with Gasteiger partial charge in [-0.2, -0.15) is 0 Å². The lowest BCUT2D eigenvalue weighted by atomic mass is 10.1. The molecule has 80 valence electrons. The molecule has 5 heteroatoms. The Morgan fingerprint density at radius 2 is 2.29 bits per heavy atom. The van der Waals surface area contributed by atoms with Gasteiger partial charge in [-0.25, -0.2) is 0 Å². The van der Waals surface area contributed by atoms with E-state index in [0.29, 0.717) is 19.0 Å². The van der Waals surface area contributed by atoms with Crippen LogP contribution in [-0.4, -0.2) is 42.2 Å². The first kappa shape index (κ1) is 11.3. The molecular weight excluding hydrogens is 204 g/mol. The summed E-state index contributed by atoms with van der Waals surface area (Å²) in [6.45, 7) is 3.62. The van der Waals surface area contributed by atoms with E-state index >= 15 is 0 Å². The maximum absolute atomic E-state index is 11.2. The molecule has 1 fully saturated rings. The molecule has 0 aromatic rings. The quantitative estimate of drug-likeness (QED) is 0.689. The molecule has 2 amide bonds. The van der Waals surface area contributed by atoms with Gasteiger partial charge in [-0.3, -0.25) is 9.59 Å². The molecule has 0 aliphatic carbocycles. The number of nitrogens with zero attached hydrogens (tertiary/aromatic N) is 1. The Bertz CT molecular complexity index is 233. The summed E-state index contributed by atoms with van der Waals surface area (Å²) in [5, 5.41) is 2.76. The highest BCUT2D eigenvalue weighted by molar-refractivity contribution is 6.27. The Morgan fingerprint density at radius 3 is 2.86 bits per heavy atom. The van der Waals surface area contributed by atoms with E-state index in [0.717, 1.165) is 13.0 Å². The van der Waals surface area contributed by atoms with Crippen molar-refractivity contribution in [2.24, 2.45) is 5.92 Å². The largest absolute Gasteiger partial charge is 0.356 e. The zero-order valence-electron chi connectivity index (χ0n) is 8.25. The Kier molecular flexibility index (Phi) is 4.20. The molecular formula is C9H15ClN2O2. The molecule has 0 unspecified atom stereocenters. The first-order valence-corrected chi connectivity index (χ1v) is 5.25. The molecule has 0 bridgehead atoms. The highest BCUT2D eigenvalue weighted by Gasteiger charge is 2.25. The average molecular weight is 219 g/mol. The number of carbonyl (C=O) groups is 2. The van der Waals surface area contributed by atoms with Crippen LogP contribution in [0.3, 0.4) is 0 Å². The minimum atomic E-state index is -0.0212. The van der Waals surface area contributed by atoms with E-state index in [4.69, 9.17) is 11.6 Å². The second kappa shape index (κ2) is 5.20. The fraction of sp³-hybridized carbons (Fsp3) is 0.778. The van der Waals surface area contributed by atoms with Crippen molar-refractivity contribution in [1.29, 1.82) is 0 Å². The zero-order chi connectivity index (χ0) is 10.6. The Balaban J connectivity index is 2.27. The summed E-state index contributed by atoms with van der Waals surface area (Å²) in [5.41, 5.74) is 0. The number of amides is 2. The van der Waals surface area contributed by atoms with Gasteiger partial charge in [0.05, 0.1) is 0 Å². The fourth-order valence-electron chi connectivity index (χ4n) is 1.60. The van der Waals surface area contributed by atoms with Crippen LogP contribution in [0, 0.1) is 5.92 Å². The molecule has 1 saturated heterocycles. The van der Waals surface area contributed by atoms with Crippen LogP contribution in [0.4, 0.5) is 0 Å². The summed E-state index contributed by atoms with van der Waals surface area (Å²) in [5.74, 6) is 0.391. The van der Waals surface area contributed by atoms with Crippen molar-refractivity contribution in [1.82, 2.24) is 10.2 Å². The van der Waals surface area contributed by atoms with Crippen molar-refractivity contribution < 1.29 is 9.59 Å². The van der Waals surface area contributed by atoms with E-state index in [2.05, 4.69) is 5.32 Å². The van der Waals surface area contributed by atoms with Gasteiger partial charge in [0, 0.05) is 26.6 Å². The van der Waals surface area contributed by atoms with Crippen LogP contribution >= 0.6 is 11.6 Å². The highest BCUT2D eigenvalue weighted by Crippen LogP contribution is 2.15. The van der Waals surface area contributed by atoms with Crippen molar-refractivity contribution in [3.8, 4) is 0 Å². The number of carbonyl (C=O) groups excluding carboxylic acids is 2. The van der Waals surface area contributed by atoms with Crippen LogP contribution in [-0.2, 0) is 9.59 Å². The van der Waals surface area contributed by atoms with Gasteiger partial charge < -0.3 is 10.2 Å². The summed E-state index contributed by atoms with van der Waals surface area (Å²) in [4.78, 5) is 23.6. The van der Waals surface area contributed by atoms with Crippen molar-refractivity contribution >= 4 is 23.4 Å². The third-order valence-corrected chi connectivity index (χ3v) is 2.62. The third kappa shape index (κ3) is 3.18. The van der Waals surface area contributed by atoms with E-state index in [1.165, 1.54) is 6.92 Å². The molecule has 0 radical (unpaired) electrons. The minimum Gasteiger partial charge on any atom is -0.356 e. The van der Waals surface area contributed by atoms with Crippen LogP contribution in [0.5, 0.6) is 0 Å². The van der Waals surface area contributed by atoms with Gasteiger partial charge in [-0.1, -0.05) is 0 Å². The van der Waals surface area contributed by atoms with Crippen LogP contribution in [0.15, 0.2) is 0 Å². The number of hydrogen-bond donors (Lipinski definition) is 1. The lowest BCUT2D eigenvalue weighted by molar-refractivity contribution is -0.127. The molecule has 1 heterocycles. The first-order chi connectivity index (χ1) is 6.63. The van der Waals surface area contributed by atoms with Gasteiger partial charge in [-0.15, -0.1) is 11.6 Å². The van der Waals surface area contributed by atoms with Crippen LogP contribution < -0.4 is 5.32 Å². The average Bonchev–Trinajstić information content (AvgIpc) is 2.62. The summed E-state index contributed by atoms with van der Waals surface area (Å²) in [6, 6.07) is 0. The lowest BCUT2D eigenvalue weighted by Crippen LogP contribution is -2.32. The molecule has 1 rings (SSSR count). The molecule has 4 nitrogen and oxygen atoms in total. The zero-order valence-corrected chi connectivity index (χ0v) is 9.01. The Labute approximate surface area is 88.6 Å². The van der Waals surface area contributed by atoms with Gasteiger partial charge >= 0.3 is 0 Å². The molecule has 0 aromatic carbocycles. The molecule has 1 N–H and O–H groups in total. The highest BCUT2D eigenvalue weighted by atomic mass is 35.5. The molecule has 0 saturated carbocycles. The summed E-state index contributed by atoms with van der Waals surface area (Å²) in [6.07, 6.45) is 0.947. The van der Waals surface area contributed by atoms with Gasteiger partial charge in [0.1, 0.15) is 5.88 Å². The number of likely N-dealkylation sites (tertiary alicyclic amines) is 1. The molecule has 0 aromatic heterocycles. The predicted octanol–water partition coefficient (Wildman–Crippen LogP) is 0.210. The van der Waals surface area contributed by atoms with Gasteiger partial charge in [0.15, 0.2) is 0 Å².